The van der Waals surface area contributed by atoms with Crippen molar-refractivity contribution in [1.82, 2.24) is 24.5 Å². The Balaban J connectivity index is 1.48. The van der Waals surface area contributed by atoms with Crippen molar-refractivity contribution in [3.8, 4) is 5.88 Å². The summed E-state index contributed by atoms with van der Waals surface area (Å²) in [5, 5.41) is 12.5. The van der Waals surface area contributed by atoms with E-state index in [2.05, 4.69) is 20.5 Å². The van der Waals surface area contributed by atoms with Gasteiger partial charge in [0, 0.05) is 37.5 Å². The summed E-state index contributed by atoms with van der Waals surface area (Å²) >= 11 is 0. The monoisotopic (exact) mass is 396 g/mol. The average molecular weight is 396 g/mol. The molecule has 9 nitrogen and oxygen atoms in total. The second kappa shape index (κ2) is 7.47. The van der Waals surface area contributed by atoms with E-state index >= 15 is 0 Å². The summed E-state index contributed by atoms with van der Waals surface area (Å²) < 4.78 is 15.2. The SMILES string of the molecule is Cn1ccc(NC(=O)c2cc3cn([C@@H]4CCCOC4)nc3nc2OC2CCC2)n1. The molecule has 4 heterocycles. The number of nitrogens with one attached hydrogen (secondary N) is 1. The van der Waals surface area contributed by atoms with Gasteiger partial charge in [0.15, 0.2) is 11.5 Å². The maximum atomic E-state index is 13.0. The first-order chi connectivity index (χ1) is 14.2. The number of rotatable bonds is 5. The third-order valence-electron chi connectivity index (χ3n) is 5.52. The molecule has 152 valence electrons. The van der Waals surface area contributed by atoms with Crippen LogP contribution in [0.2, 0.25) is 0 Å². The fourth-order valence-electron chi connectivity index (χ4n) is 3.64. The highest BCUT2D eigenvalue weighted by Gasteiger charge is 2.25. The number of carbonyl (C=O) groups excluding carboxylic acids is 1. The molecule has 0 aromatic carbocycles. The second-order valence-electron chi connectivity index (χ2n) is 7.73. The van der Waals surface area contributed by atoms with E-state index in [-0.39, 0.29) is 18.1 Å². The Morgan fingerprint density at radius 3 is 2.86 bits per heavy atom. The van der Waals surface area contributed by atoms with Gasteiger partial charge in [0.05, 0.1) is 12.6 Å². The number of aryl methyl sites for hydroxylation is 1. The summed E-state index contributed by atoms with van der Waals surface area (Å²) in [5.41, 5.74) is 0.980. The summed E-state index contributed by atoms with van der Waals surface area (Å²) in [4.78, 5) is 17.6. The highest BCUT2D eigenvalue weighted by atomic mass is 16.5. The summed E-state index contributed by atoms with van der Waals surface area (Å²) in [7, 11) is 1.80. The third-order valence-corrected chi connectivity index (χ3v) is 5.52. The molecule has 1 aliphatic heterocycles. The van der Waals surface area contributed by atoms with E-state index in [1.54, 1.807) is 24.0 Å². The van der Waals surface area contributed by atoms with Gasteiger partial charge in [0.1, 0.15) is 11.7 Å². The summed E-state index contributed by atoms with van der Waals surface area (Å²) in [6, 6.07) is 3.75. The van der Waals surface area contributed by atoms with E-state index < -0.39 is 0 Å². The molecular weight excluding hydrogens is 372 g/mol. The number of fused-ring (bicyclic) bond motifs is 1. The van der Waals surface area contributed by atoms with Crippen molar-refractivity contribution < 1.29 is 14.3 Å². The van der Waals surface area contributed by atoms with Crippen molar-refractivity contribution in [2.45, 2.75) is 44.2 Å². The average Bonchev–Trinajstić information content (AvgIpc) is 3.30. The lowest BCUT2D eigenvalue weighted by molar-refractivity contribution is 0.0551. The molecule has 1 atom stereocenters. The Morgan fingerprint density at radius 1 is 1.28 bits per heavy atom. The number of pyridine rings is 1. The van der Waals surface area contributed by atoms with Crippen LogP contribution in [0.3, 0.4) is 0 Å². The number of amides is 1. The normalized spacial score (nSPS) is 19.8. The van der Waals surface area contributed by atoms with Crippen LogP contribution in [-0.4, -0.2) is 49.8 Å². The first kappa shape index (κ1) is 18.1. The molecule has 1 N–H and O–H groups in total. The van der Waals surface area contributed by atoms with Crippen molar-refractivity contribution in [2.75, 3.05) is 18.5 Å². The van der Waals surface area contributed by atoms with E-state index in [1.165, 1.54) is 0 Å². The van der Waals surface area contributed by atoms with Crippen LogP contribution in [0.1, 0.15) is 48.5 Å². The fraction of sp³-hybridized carbons (Fsp3) is 0.500. The lowest BCUT2D eigenvalue weighted by atomic mass is 9.96. The molecule has 1 saturated carbocycles. The van der Waals surface area contributed by atoms with Crippen LogP contribution in [0.5, 0.6) is 5.88 Å². The molecular formula is C20H24N6O3. The van der Waals surface area contributed by atoms with Crippen LogP contribution < -0.4 is 10.1 Å². The maximum absolute atomic E-state index is 13.0. The Labute approximate surface area is 168 Å². The topological polar surface area (TPSA) is 96.1 Å². The first-order valence-corrected chi connectivity index (χ1v) is 10.1. The van der Waals surface area contributed by atoms with Crippen LogP contribution >= 0.6 is 0 Å². The van der Waals surface area contributed by atoms with Crippen LogP contribution in [0.4, 0.5) is 5.82 Å². The Hall–Kier alpha value is -2.94. The van der Waals surface area contributed by atoms with Crippen molar-refractivity contribution >= 4 is 22.8 Å². The fourth-order valence-corrected chi connectivity index (χ4v) is 3.64. The Kier molecular flexibility index (Phi) is 4.67. The molecule has 0 radical (unpaired) electrons. The van der Waals surface area contributed by atoms with E-state index in [0.717, 1.165) is 44.1 Å². The molecule has 0 bridgehead atoms. The number of anilines is 1. The zero-order valence-electron chi connectivity index (χ0n) is 16.4. The van der Waals surface area contributed by atoms with E-state index in [1.807, 2.05) is 16.9 Å². The molecule has 2 fully saturated rings. The summed E-state index contributed by atoms with van der Waals surface area (Å²) in [6.45, 7) is 1.44. The molecule has 9 heteroatoms. The van der Waals surface area contributed by atoms with Gasteiger partial charge in [-0.1, -0.05) is 0 Å². The summed E-state index contributed by atoms with van der Waals surface area (Å²) in [5.74, 6) is 0.532. The van der Waals surface area contributed by atoms with Gasteiger partial charge in [0.2, 0.25) is 5.88 Å². The van der Waals surface area contributed by atoms with Crippen LogP contribution in [-0.2, 0) is 11.8 Å². The minimum atomic E-state index is -0.291. The smallest absolute Gasteiger partial charge is 0.262 e. The Morgan fingerprint density at radius 2 is 2.17 bits per heavy atom. The number of aromatic nitrogens is 5. The lowest BCUT2D eigenvalue weighted by Crippen LogP contribution is -2.26. The number of nitrogens with zero attached hydrogens (tertiary/aromatic N) is 5. The van der Waals surface area contributed by atoms with E-state index in [0.29, 0.717) is 29.5 Å². The van der Waals surface area contributed by atoms with Crippen molar-refractivity contribution in [2.24, 2.45) is 7.05 Å². The van der Waals surface area contributed by atoms with Crippen molar-refractivity contribution in [3.05, 3.63) is 30.1 Å². The zero-order chi connectivity index (χ0) is 19.8. The Bertz CT molecular complexity index is 1030. The van der Waals surface area contributed by atoms with Gasteiger partial charge in [-0.2, -0.15) is 15.2 Å². The van der Waals surface area contributed by atoms with Gasteiger partial charge in [-0.15, -0.1) is 0 Å². The largest absolute Gasteiger partial charge is 0.474 e. The van der Waals surface area contributed by atoms with E-state index in [4.69, 9.17) is 9.47 Å². The molecule has 2 aliphatic rings. The molecule has 1 aliphatic carbocycles. The number of carbonyl (C=O) groups is 1. The predicted molar refractivity (Wildman–Crippen MR) is 106 cm³/mol. The van der Waals surface area contributed by atoms with Gasteiger partial charge in [-0.05, 0) is 38.2 Å². The van der Waals surface area contributed by atoms with Crippen LogP contribution in [0.15, 0.2) is 24.5 Å². The van der Waals surface area contributed by atoms with Gasteiger partial charge in [-0.3, -0.25) is 14.2 Å². The molecule has 5 rings (SSSR count). The molecule has 3 aromatic rings. The molecule has 0 unspecified atom stereocenters. The van der Waals surface area contributed by atoms with Gasteiger partial charge in [-0.25, -0.2) is 0 Å². The quantitative estimate of drug-likeness (QED) is 0.712. The number of hydrogen-bond donors (Lipinski definition) is 1. The van der Waals surface area contributed by atoms with Crippen LogP contribution in [0.25, 0.3) is 11.0 Å². The maximum Gasteiger partial charge on any atom is 0.262 e. The minimum absolute atomic E-state index is 0.107. The minimum Gasteiger partial charge on any atom is -0.474 e. The van der Waals surface area contributed by atoms with Crippen LogP contribution in [0, 0.1) is 0 Å². The molecule has 1 saturated heterocycles. The number of ether oxygens (including phenoxy) is 2. The molecule has 3 aromatic heterocycles. The molecule has 0 spiro atoms. The standard InChI is InChI=1S/C20H24N6O3/c1-25-8-7-17(23-25)21-19(27)16-10-13-11-26(14-4-3-9-28-12-14)24-18(13)22-20(16)29-15-5-2-6-15/h7-8,10-11,14-15H,2-6,9,12H2,1H3,(H,21,23,27)/t14-/m1/s1. The van der Waals surface area contributed by atoms with Crippen molar-refractivity contribution in [1.29, 1.82) is 0 Å². The molecule has 29 heavy (non-hydrogen) atoms. The zero-order valence-corrected chi connectivity index (χ0v) is 16.4. The summed E-state index contributed by atoms with van der Waals surface area (Å²) in [6.07, 6.45) is 8.96. The third kappa shape index (κ3) is 3.69. The van der Waals surface area contributed by atoms with E-state index in [9.17, 15) is 4.79 Å². The predicted octanol–water partition coefficient (Wildman–Crippen LogP) is 2.70. The highest BCUT2D eigenvalue weighted by Crippen LogP contribution is 2.30. The van der Waals surface area contributed by atoms with Crippen molar-refractivity contribution in [3.63, 3.8) is 0 Å². The first-order valence-electron chi connectivity index (χ1n) is 10.1. The van der Waals surface area contributed by atoms with Gasteiger partial charge in [0.25, 0.3) is 5.91 Å². The molecule has 1 amide bonds. The highest BCUT2D eigenvalue weighted by molar-refractivity contribution is 6.07. The van der Waals surface area contributed by atoms with Gasteiger partial charge < -0.3 is 14.8 Å². The number of hydrogen-bond acceptors (Lipinski definition) is 6. The van der Waals surface area contributed by atoms with Gasteiger partial charge >= 0.3 is 0 Å². The second-order valence-corrected chi connectivity index (χ2v) is 7.73. The lowest BCUT2D eigenvalue weighted by Gasteiger charge is -2.26.